The van der Waals surface area contributed by atoms with Crippen LogP contribution in [-0.4, -0.2) is 29.6 Å². The van der Waals surface area contributed by atoms with Gasteiger partial charge >= 0.3 is 5.97 Å². The van der Waals surface area contributed by atoms with E-state index in [1.54, 1.807) is 30.5 Å². The molecule has 1 aromatic heterocycles. The Hall–Kier alpha value is -7.71. The van der Waals surface area contributed by atoms with E-state index in [4.69, 9.17) is 10.3 Å². The lowest BCUT2D eigenvalue weighted by Gasteiger charge is -2.44. The average Bonchev–Trinajstić information content (AvgIpc) is 3.32. The van der Waals surface area contributed by atoms with E-state index < -0.39 is 157 Å². The minimum Gasteiger partial charge on any atom is -0.455 e. The summed E-state index contributed by atoms with van der Waals surface area (Å²) in [6.07, 6.45) is -2.85. The van der Waals surface area contributed by atoms with Crippen molar-refractivity contribution in [2.75, 3.05) is 6.73 Å². The molecule has 0 atom stereocenters. The fraction of sp³-hybridized carbons (Fsp3) is 0.0526. The highest BCUT2D eigenvalue weighted by atomic mass is 19.2. The number of azide groups is 1. The summed E-state index contributed by atoms with van der Waals surface area (Å²) in [5, 5.41) is 3.10. The standard InChI is InChI=1S/C24BF20.C14H12N5O3/c26-5-1(6(27)14(35)21(42)13(5)34)25(2-7(28)15(36)22(43)16(37)8(2)29,3-9(30)17(38)23(44)18(39)10(3)31)4-11(32)19(40)24(45)20(41)12(4)33;15-18-17-10-22-14(21)12-8-19(7-6-16-12)9-13(20)11-4-2-1-3-5-11/h;1-8H,9-10H2/q-1;+1. The Morgan fingerprint density at radius 3 is 1.15 bits per heavy atom. The Morgan fingerprint density at radius 2 is 0.836 bits per heavy atom. The normalized spacial score (nSPS) is 11.2. The van der Waals surface area contributed by atoms with E-state index >= 15 is 35.1 Å². The molecule has 29 heteroatoms. The first-order chi connectivity index (χ1) is 31.4. The number of aromatic nitrogens is 2. The second kappa shape index (κ2) is 19.4. The second-order valence-electron chi connectivity index (χ2n) is 13.0. The van der Waals surface area contributed by atoms with Crippen LogP contribution < -0.4 is 26.4 Å². The summed E-state index contributed by atoms with van der Waals surface area (Å²) in [4.78, 5) is 30.1. The number of rotatable bonds is 10. The van der Waals surface area contributed by atoms with Crippen LogP contribution in [0.2, 0.25) is 0 Å². The van der Waals surface area contributed by atoms with Gasteiger partial charge in [0, 0.05) is 10.5 Å². The number of halogens is 20. The highest BCUT2D eigenvalue weighted by Crippen LogP contribution is 2.30. The van der Waals surface area contributed by atoms with Crippen molar-refractivity contribution in [3.63, 3.8) is 0 Å². The lowest BCUT2D eigenvalue weighted by Crippen LogP contribution is -2.81. The van der Waals surface area contributed by atoms with Crippen LogP contribution in [0.1, 0.15) is 20.8 Å². The maximum absolute atomic E-state index is 15.4. The lowest BCUT2D eigenvalue weighted by atomic mass is 9.12. The topological polar surface area (TPSA) is 109 Å². The predicted molar refractivity (Wildman–Crippen MR) is 184 cm³/mol. The molecule has 0 spiro atoms. The van der Waals surface area contributed by atoms with Gasteiger partial charge in [-0.1, -0.05) is 35.4 Å². The number of nitrogens with zero attached hydrogens (tertiary/aromatic N) is 5. The molecule has 6 rings (SSSR count). The van der Waals surface area contributed by atoms with Gasteiger partial charge in [-0.3, -0.25) is 4.79 Å². The Balaban J connectivity index is 0.000000319. The molecule has 0 saturated carbocycles. The zero-order valence-corrected chi connectivity index (χ0v) is 31.6. The predicted octanol–water partition coefficient (Wildman–Crippen LogP) is 7.52. The quantitative estimate of drug-likeness (QED) is 0.0135. The van der Waals surface area contributed by atoms with Crippen LogP contribution in [0.25, 0.3) is 10.4 Å². The summed E-state index contributed by atoms with van der Waals surface area (Å²) in [5.74, 6) is -72.2. The van der Waals surface area contributed by atoms with Gasteiger partial charge in [-0.05, 0) is 5.53 Å². The minimum absolute atomic E-state index is 0.0245. The van der Waals surface area contributed by atoms with Crippen LogP contribution in [0.15, 0.2) is 54.0 Å². The van der Waals surface area contributed by atoms with Gasteiger partial charge < -0.3 is 4.74 Å². The van der Waals surface area contributed by atoms with E-state index in [9.17, 15) is 62.3 Å². The van der Waals surface area contributed by atoms with E-state index in [0.717, 1.165) is 0 Å². The van der Waals surface area contributed by atoms with Crippen molar-refractivity contribution in [2.45, 2.75) is 6.54 Å². The molecule has 0 aliphatic carbocycles. The van der Waals surface area contributed by atoms with Gasteiger partial charge in [0.25, 0.3) is 0 Å². The molecule has 8 nitrogen and oxygen atoms in total. The maximum Gasteiger partial charge on any atom is 0.363 e. The van der Waals surface area contributed by atoms with Crippen molar-refractivity contribution in [2.24, 2.45) is 5.11 Å². The molecule has 1 heterocycles. The molecule has 5 aromatic carbocycles. The van der Waals surface area contributed by atoms with Crippen molar-refractivity contribution in [3.05, 3.63) is 187 Å². The van der Waals surface area contributed by atoms with Crippen LogP contribution >= 0.6 is 0 Å². The van der Waals surface area contributed by atoms with Gasteiger partial charge in [0.2, 0.25) is 24.2 Å². The molecule has 67 heavy (non-hydrogen) atoms. The molecule has 0 saturated heterocycles. The number of hydrogen-bond donors (Lipinski definition) is 0. The molecule has 0 N–H and O–H groups in total. The van der Waals surface area contributed by atoms with Crippen LogP contribution in [0.5, 0.6) is 0 Å². The summed E-state index contributed by atoms with van der Waals surface area (Å²) in [5.41, 5.74) is -5.61. The fourth-order valence-corrected chi connectivity index (χ4v) is 6.58. The van der Waals surface area contributed by atoms with E-state index in [1.165, 1.54) is 17.0 Å². The van der Waals surface area contributed by atoms with E-state index in [2.05, 4.69) is 15.0 Å². The van der Waals surface area contributed by atoms with Gasteiger partial charge in [-0.25, -0.2) is 97.6 Å². The summed E-state index contributed by atoms with van der Waals surface area (Å²) in [6.45, 7) is -0.335. The minimum atomic E-state index is -7.22. The number of ether oxygens (including phenoxy) is 1. The zero-order valence-electron chi connectivity index (χ0n) is 31.6. The Bertz CT molecular complexity index is 2690. The number of Topliss-reactive ketones (excluding diaryl/α,β-unsaturated/α-hetero) is 1. The fourth-order valence-electron chi connectivity index (χ4n) is 6.58. The molecule has 350 valence electrons. The summed E-state index contributed by atoms with van der Waals surface area (Å²) >= 11 is 0. The van der Waals surface area contributed by atoms with Crippen molar-refractivity contribution < 1.29 is 107 Å². The molecule has 0 aliphatic rings. The second-order valence-corrected chi connectivity index (χ2v) is 13.0. The largest absolute Gasteiger partial charge is 0.455 e. The SMILES string of the molecule is Fc1c(F)c(F)c([B-](c2c(F)c(F)c(F)c(F)c2F)(c2c(F)c(F)c(F)c(F)c2F)c2c(F)c(F)c(F)c(F)c2F)c(F)c1F.[N-]=[N+]=NCOC(=O)c1c[n+](CC(=O)c2ccccc2)ccn1. The smallest absolute Gasteiger partial charge is 0.363 e. The summed E-state index contributed by atoms with van der Waals surface area (Å²) in [6, 6.07) is 8.83. The average molecular weight is 977 g/mol. The highest BCUT2D eigenvalue weighted by Gasteiger charge is 2.52. The monoisotopic (exact) mass is 977 g/mol. The molecular formula is C38H12BF20N5O3. The molecule has 0 fully saturated rings. The van der Waals surface area contributed by atoms with Gasteiger partial charge in [0.1, 0.15) is 52.7 Å². The molecular weight excluding hydrogens is 965 g/mol. The van der Waals surface area contributed by atoms with Gasteiger partial charge in [0.15, 0.2) is 82.7 Å². The molecule has 6 aromatic rings. The molecule has 0 amide bonds. The summed E-state index contributed by atoms with van der Waals surface area (Å²) < 4.78 is 300. The number of ketones is 1. The number of carbonyl (C=O) groups excluding carboxylic acids is 2. The van der Waals surface area contributed by atoms with Crippen LogP contribution in [0.3, 0.4) is 0 Å². The molecule has 0 unspecified atom stereocenters. The Kier molecular flexibility index (Phi) is 14.6. The summed E-state index contributed by atoms with van der Waals surface area (Å²) in [7, 11) is 0. The van der Waals surface area contributed by atoms with Crippen LogP contribution in [0, 0.1) is 116 Å². The molecule has 0 bridgehead atoms. The highest BCUT2D eigenvalue weighted by molar-refractivity contribution is 7.20. The zero-order chi connectivity index (χ0) is 50.1. The van der Waals surface area contributed by atoms with Gasteiger partial charge in [-0.15, -0.1) is 21.9 Å². The number of carbonyl (C=O) groups is 2. The first-order valence-corrected chi connectivity index (χ1v) is 17.3. The third-order valence-corrected chi connectivity index (χ3v) is 9.41. The molecule has 0 radical (unpaired) electrons. The van der Waals surface area contributed by atoms with Gasteiger partial charge in [-0.2, -0.15) is 4.57 Å². The van der Waals surface area contributed by atoms with Crippen LogP contribution in [0.4, 0.5) is 87.8 Å². The first-order valence-electron chi connectivity index (χ1n) is 17.3. The third kappa shape index (κ3) is 8.52. The Labute approximate surface area is 356 Å². The van der Waals surface area contributed by atoms with E-state index in [1.807, 2.05) is 6.07 Å². The number of benzene rings is 5. The van der Waals surface area contributed by atoms with Crippen molar-refractivity contribution >= 4 is 39.7 Å². The Morgan fingerprint density at radius 1 is 0.522 bits per heavy atom. The van der Waals surface area contributed by atoms with E-state index in [0.29, 0.717) is 5.56 Å². The number of esters is 1. The number of hydrogen-bond acceptors (Lipinski definition) is 5. The van der Waals surface area contributed by atoms with Crippen molar-refractivity contribution in [3.8, 4) is 0 Å². The van der Waals surface area contributed by atoms with Crippen molar-refractivity contribution in [1.29, 1.82) is 0 Å². The van der Waals surface area contributed by atoms with Crippen LogP contribution in [-0.2, 0) is 11.3 Å². The lowest BCUT2D eigenvalue weighted by molar-refractivity contribution is -0.683. The third-order valence-electron chi connectivity index (χ3n) is 9.41. The van der Waals surface area contributed by atoms with E-state index in [-0.39, 0.29) is 18.0 Å². The maximum atomic E-state index is 15.4. The van der Waals surface area contributed by atoms with Crippen molar-refractivity contribution in [1.82, 2.24) is 4.98 Å². The molecule has 0 aliphatic heterocycles. The first kappa shape index (κ1) is 50.3. The van der Waals surface area contributed by atoms with Gasteiger partial charge in [0.05, 0.1) is 6.20 Å².